The Labute approximate surface area is 192 Å². The Bertz CT molecular complexity index is 1110. The van der Waals surface area contributed by atoms with E-state index in [9.17, 15) is 4.39 Å². The minimum absolute atomic E-state index is 0.245. The third kappa shape index (κ3) is 7.44. The molecule has 0 spiro atoms. The van der Waals surface area contributed by atoms with E-state index in [0.29, 0.717) is 5.56 Å². The molecule has 0 atom stereocenters. The number of hydrogen-bond acceptors (Lipinski definition) is 0. The zero-order valence-electron chi connectivity index (χ0n) is 19.2. The van der Waals surface area contributed by atoms with Gasteiger partial charge < -0.3 is 0 Å². The number of aryl methyl sites for hydroxylation is 2. The number of unbranched alkanes of at least 4 members (excludes halogenated alkanes) is 3. The maximum absolute atomic E-state index is 14.3. The molecule has 0 bridgehead atoms. The Morgan fingerprint density at radius 1 is 0.562 bits per heavy atom. The fraction of sp³-hybridized carbons (Fsp3) is 0.290. The van der Waals surface area contributed by atoms with Crippen LogP contribution in [0.5, 0.6) is 0 Å². The van der Waals surface area contributed by atoms with Crippen LogP contribution in [0.1, 0.15) is 79.3 Å². The largest absolute Gasteiger partial charge is 0.206 e. The summed E-state index contributed by atoms with van der Waals surface area (Å²) in [6, 6.07) is 21.7. The van der Waals surface area contributed by atoms with Gasteiger partial charge in [0.15, 0.2) is 0 Å². The average molecular weight is 423 g/mol. The second-order valence-electron chi connectivity index (χ2n) is 8.15. The molecule has 3 aromatic rings. The minimum Gasteiger partial charge on any atom is -0.206 e. The lowest BCUT2D eigenvalue weighted by Gasteiger charge is -2.01. The van der Waals surface area contributed by atoms with Crippen molar-refractivity contribution in [2.45, 2.75) is 58.8 Å². The SMILES string of the molecule is CCCCCc1ccc(C#Cc2ccc(C#Cc3ccc(CCCC)cc3F)cc2)cc1. The van der Waals surface area contributed by atoms with Crippen LogP contribution in [-0.4, -0.2) is 0 Å². The van der Waals surface area contributed by atoms with Gasteiger partial charge in [-0.15, -0.1) is 0 Å². The van der Waals surface area contributed by atoms with Crippen molar-refractivity contribution in [2.75, 3.05) is 0 Å². The molecule has 0 saturated heterocycles. The Balaban J connectivity index is 1.61. The van der Waals surface area contributed by atoms with E-state index in [2.05, 4.69) is 61.8 Å². The highest BCUT2D eigenvalue weighted by Crippen LogP contribution is 2.13. The quantitative estimate of drug-likeness (QED) is 0.270. The van der Waals surface area contributed by atoms with Crippen LogP contribution in [0.25, 0.3) is 0 Å². The summed E-state index contributed by atoms with van der Waals surface area (Å²) in [5.74, 6) is 12.2. The van der Waals surface area contributed by atoms with E-state index in [4.69, 9.17) is 0 Å². The smallest absolute Gasteiger partial charge is 0.139 e. The van der Waals surface area contributed by atoms with Gasteiger partial charge >= 0.3 is 0 Å². The van der Waals surface area contributed by atoms with Crippen molar-refractivity contribution in [1.82, 2.24) is 0 Å². The Morgan fingerprint density at radius 2 is 1.06 bits per heavy atom. The van der Waals surface area contributed by atoms with E-state index in [-0.39, 0.29) is 5.82 Å². The number of benzene rings is 3. The molecule has 0 aliphatic rings. The molecule has 32 heavy (non-hydrogen) atoms. The van der Waals surface area contributed by atoms with Crippen molar-refractivity contribution in [2.24, 2.45) is 0 Å². The van der Waals surface area contributed by atoms with Crippen molar-refractivity contribution in [3.8, 4) is 23.7 Å². The summed E-state index contributed by atoms with van der Waals surface area (Å²) in [5, 5.41) is 0. The van der Waals surface area contributed by atoms with Gasteiger partial charge in [-0.1, -0.05) is 75.0 Å². The van der Waals surface area contributed by atoms with Gasteiger partial charge in [-0.25, -0.2) is 4.39 Å². The molecule has 0 radical (unpaired) electrons. The molecule has 1 heteroatoms. The van der Waals surface area contributed by atoms with Gasteiger partial charge in [0.2, 0.25) is 0 Å². The predicted octanol–water partition coefficient (Wildman–Crippen LogP) is 7.70. The summed E-state index contributed by atoms with van der Waals surface area (Å²) in [5.41, 5.74) is 5.65. The van der Waals surface area contributed by atoms with Crippen LogP contribution in [0.15, 0.2) is 66.7 Å². The molecule has 0 aliphatic heterocycles. The first-order valence-corrected chi connectivity index (χ1v) is 11.7. The van der Waals surface area contributed by atoms with Gasteiger partial charge in [-0.05, 0) is 85.3 Å². The highest BCUT2D eigenvalue weighted by molar-refractivity contribution is 5.48. The van der Waals surface area contributed by atoms with Gasteiger partial charge in [-0.3, -0.25) is 0 Å². The zero-order valence-corrected chi connectivity index (χ0v) is 19.2. The molecule has 3 aromatic carbocycles. The summed E-state index contributed by atoms with van der Waals surface area (Å²) >= 11 is 0. The molecule has 0 nitrogen and oxygen atoms in total. The molecule has 0 N–H and O–H groups in total. The Morgan fingerprint density at radius 3 is 1.62 bits per heavy atom. The number of hydrogen-bond donors (Lipinski definition) is 0. The van der Waals surface area contributed by atoms with Crippen molar-refractivity contribution < 1.29 is 4.39 Å². The lowest BCUT2D eigenvalue weighted by atomic mass is 10.0. The Kier molecular flexibility index (Phi) is 9.16. The van der Waals surface area contributed by atoms with Gasteiger partial charge in [-0.2, -0.15) is 0 Å². The molecule has 0 amide bonds. The van der Waals surface area contributed by atoms with Crippen molar-refractivity contribution in [1.29, 1.82) is 0 Å². The van der Waals surface area contributed by atoms with Crippen LogP contribution in [-0.2, 0) is 12.8 Å². The second kappa shape index (κ2) is 12.5. The third-order valence-electron chi connectivity index (χ3n) is 5.45. The molecule has 0 unspecified atom stereocenters. The average Bonchev–Trinajstić information content (AvgIpc) is 2.82. The molecule has 0 saturated carbocycles. The van der Waals surface area contributed by atoms with E-state index in [1.165, 1.54) is 24.8 Å². The molecule has 162 valence electrons. The summed E-state index contributed by atoms with van der Waals surface area (Å²) in [6.45, 7) is 4.37. The maximum atomic E-state index is 14.3. The van der Waals surface area contributed by atoms with Crippen LogP contribution in [0.2, 0.25) is 0 Å². The van der Waals surface area contributed by atoms with E-state index < -0.39 is 0 Å². The molecular weight excluding hydrogens is 391 g/mol. The second-order valence-corrected chi connectivity index (χ2v) is 8.15. The standard InChI is InChI=1S/C31H31F/c1-3-5-7-9-25-10-12-26(13-11-25)14-15-27-16-18-28(19-17-27)20-22-30-23-21-29(8-6-4-2)24-31(30)32/h10-13,16-19,21,23-24H,3-9H2,1-2H3. The third-order valence-corrected chi connectivity index (χ3v) is 5.45. The molecule has 0 heterocycles. The summed E-state index contributed by atoms with van der Waals surface area (Å²) < 4.78 is 14.3. The monoisotopic (exact) mass is 422 g/mol. The van der Waals surface area contributed by atoms with Crippen LogP contribution in [0.4, 0.5) is 4.39 Å². The molecule has 0 fully saturated rings. The normalized spacial score (nSPS) is 10.1. The van der Waals surface area contributed by atoms with Gasteiger partial charge in [0.25, 0.3) is 0 Å². The van der Waals surface area contributed by atoms with Gasteiger partial charge in [0, 0.05) is 16.7 Å². The van der Waals surface area contributed by atoms with Crippen LogP contribution < -0.4 is 0 Å². The van der Waals surface area contributed by atoms with Crippen LogP contribution >= 0.6 is 0 Å². The number of halogens is 1. The fourth-order valence-corrected chi connectivity index (χ4v) is 3.45. The first kappa shape index (κ1) is 23.4. The first-order chi connectivity index (χ1) is 15.7. The van der Waals surface area contributed by atoms with Crippen molar-refractivity contribution >= 4 is 0 Å². The van der Waals surface area contributed by atoms with E-state index >= 15 is 0 Å². The lowest BCUT2D eigenvalue weighted by molar-refractivity contribution is 0.620. The summed E-state index contributed by atoms with van der Waals surface area (Å²) in [6.07, 6.45) is 8.00. The van der Waals surface area contributed by atoms with Crippen LogP contribution in [0.3, 0.4) is 0 Å². The van der Waals surface area contributed by atoms with Crippen molar-refractivity contribution in [3.63, 3.8) is 0 Å². The number of rotatable bonds is 7. The van der Waals surface area contributed by atoms with Crippen molar-refractivity contribution in [3.05, 3.63) is 106 Å². The molecule has 0 aromatic heterocycles. The van der Waals surface area contributed by atoms with Gasteiger partial charge in [0.1, 0.15) is 5.82 Å². The van der Waals surface area contributed by atoms with E-state index in [1.807, 2.05) is 30.3 Å². The fourth-order valence-electron chi connectivity index (χ4n) is 3.45. The highest BCUT2D eigenvalue weighted by atomic mass is 19.1. The predicted molar refractivity (Wildman–Crippen MR) is 133 cm³/mol. The minimum atomic E-state index is -0.245. The molecular formula is C31H31F. The van der Waals surface area contributed by atoms with Gasteiger partial charge in [0.05, 0.1) is 5.56 Å². The first-order valence-electron chi connectivity index (χ1n) is 11.7. The zero-order chi connectivity index (χ0) is 22.6. The topological polar surface area (TPSA) is 0 Å². The maximum Gasteiger partial charge on any atom is 0.139 e. The Hall–Kier alpha value is -3.29. The summed E-state index contributed by atoms with van der Waals surface area (Å²) in [7, 11) is 0. The van der Waals surface area contributed by atoms with Crippen LogP contribution in [0, 0.1) is 29.5 Å². The lowest BCUT2D eigenvalue weighted by Crippen LogP contribution is -1.90. The summed E-state index contributed by atoms with van der Waals surface area (Å²) in [4.78, 5) is 0. The van der Waals surface area contributed by atoms with E-state index in [1.54, 1.807) is 12.1 Å². The molecule has 0 aliphatic carbocycles. The molecule has 3 rings (SSSR count). The highest BCUT2D eigenvalue weighted by Gasteiger charge is 2.01. The van der Waals surface area contributed by atoms with E-state index in [0.717, 1.165) is 47.9 Å².